The van der Waals surface area contributed by atoms with Crippen molar-refractivity contribution in [3.05, 3.63) is 24.3 Å². The van der Waals surface area contributed by atoms with Gasteiger partial charge in [0.1, 0.15) is 6.04 Å². The highest BCUT2D eigenvalue weighted by Crippen LogP contribution is 2.22. The molecule has 2 aromatic rings. The van der Waals surface area contributed by atoms with Crippen molar-refractivity contribution < 1.29 is 4.79 Å². The van der Waals surface area contributed by atoms with Crippen LogP contribution in [0.2, 0.25) is 0 Å². The summed E-state index contributed by atoms with van der Waals surface area (Å²) in [5.41, 5.74) is 7.59. The normalized spacial score (nSPS) is 12.6. The summed E-state index contributed by atoms with van der Waals surface area (Å²) in [7, 11) is 0. The van der Waals surface area contributed by atoms with E-state index in [2.05, 4.69) is 10.3 Å². The topological polar surface area (TPSA) is 72.9 Å². The van der Waals surface area contributed by atoms with Crippen LogP contribution in [0.5, 0.6) is 0 Å². The van der Waals surface area contributed by atoms with E-state index in [0.717, 1.165) is 17.5 Å². The Morgan fingerprint density at radius 2 is 2.22 bits per heavy atom. The van der Waals surface area contributed by atoms with Gasteiger partial charge in [-0.05, 0) is 25.5 Å². The molecule has 1 heterocycles. The molecule has 0 bridgehead atoms. The number of nitrogens with one attached hydrogen (secondary N) is 1. The second kappa shape index (κ2) is 5.08. The molecule has 0 saturated heterocycles. The van der Waals surface area contributed by atoms with Crippen molar-refractivity contribution in [3.8, 4) is 0 Å². The number of amides is 1. The van der Waals surface area contributed by atoms with Crippen LogP contribution in [0.15, 0.2) is 24.3 Å². The Hall–Kier alpha value is -2.04. The van der Waals surface area contributed by atoms with Gasteiger partial charge in [0.2, 0.25) is 11.9 Å². The summed E-state index contributed by atoms with van der Waals surface area (Å²) in [6, 6.07) is 7.27. The van der Waals surface area contributed by atoms with E-state index in [1.807, 2.05) is 38.1 Å². The molecular weight excluding hydrogens is 228 g/mol. The number of nitrogens with two attached hydrogens (primary N) is 1. The molecule has 0 aliphatic rings. The molecule has 0 fully saturated rings. The van der Waals surface area contributed by atoms with Crippen molar-refractivity contribution in [3.63, 3.8) is 0 Å². The van der Waals surface area contributed by atoms with E-state index in [0.29, 0.717) is 12.5 Å². The van der Waals surface area contributed by atoms with Gasteiger partial charge in [-0.3, -0.25) is 9.36 Å². The lowest BCUT2D eigenvalue weighted by Gasteiger charge is -2.15. The second-order valence-electron chi connectivity index (χ2n) is 4.30. The first-order chi connectivity index (χ1) is 8.65. The van der Waals surface area contributed by atoms with E-state index in [-0.39, 0.29) is 11.9 Å². The fourth-order valence-electron chi connectivity index (χ4n) is 1.98. The number of nitrogen functional groups attached to an aromatic ring is 1. The van der Waals surface area contributed by atoms with Crippen molar-refractivity contribution in [2.45, 2.75) is 26.3 Å². The third-order valence-corrected chi connectivity index (χ3v) is 2.94. The smallest absolute Gasteiger partial charge is 0.242 e. The molecule has 0 aliphatic heterocycles. The lowest BCUT2D eigenvalue weighted by Crippen LogP contribution is -2.31. The number of para-hydroxylation sites is 2. The summed E-state index contributed by atoms with van der Waals surface area (Å²) in [5.74, 6) is 0.335. The number of nitrogens with zero attached hydrogens (tertiary/aromatic N) is 2. The van der Waals surface area contributed by atoms with Crippen LogP contribution in [0.4, 0.5) is 5.95 Å². The second-order valence-corrected chi connectivity index (χ2v) is 4.30. The highest BCUT2D eigenvalue weighted by Gasteiger charge is 2.19. The molecule has 1 unspecified atom stereocenters. The number of hydrogen-bond acceptors (Lipinski definition) is 3. The van der Waals surface area contributed by atoms with Gasteiger partial charge in [-0.1, -0.05) is 19.1 Å². The fourth-order valence-corrected chi connectivity index (χ4v) is 1.98. The van der Waals surface area contributed by atoms with Crippen LogP contribution in [0.1, 0.15) is 26.3 Å². The van der Waals surface area contributed by atoms with Crippen LogP contribution in [0.25, 0.3) is 11.0 Å². The van der Waals surface area contributed by atoms with Crippen molar-refractivity contribution in [1.29, 1.82) is 0 Å². The minimum atomic E-state index is -0.357. The lowest BCUT2D eigenvalue weighted by molar-refractivity contribution is -0.123. The Morgan fingerprint density at radius 1 is 1.50 bits per heavy atom. The Balaban J connectivity index is 2.35. The number of anilines is 1. The fraction of sp³-hybridized carbons (Fsp3) is 0.385. The van der Waals surface area contributed by atoms with Gasteiger partial charge in [-0.15, -0.1) is 0 Å². The Morgan fingerprint density at radius 3 is 2.94 bits per heavy atom. The van der Waals surface area contributed by atoms with Gasteiger partial charge in [-0.2, -0.15) is 0 Å². The molecule has 0 aliphatic carbocycles. The zero-order valence-electron chi connectivity index (χ0n) is 10.7. The Labute approximate surface area is 106 Å². The van der Waals surface area contributed by atoms with Gasteiger partial charge >= 0.3 is 0 Å². The maximum atomic E-state index is 12.0. The number of benzene rings is 1. The van der Waals surface area contributed by atoms with Crippen molar-refractivity contribution in [2.24, 2.45) is 0 Å². The standard InChI is InChI=1S/C13H18N4O/c1-3-8-15-12(18)9(2)17-11-7-5-4-6-10(11)16-13(17)14/h4-7,9H,3,8H2,1-2H3,(H2,14,16)(H,15,18). The Kier molecular flexibility index (Phi) is 3.50. The third kappa shape index (κ3) is 2.16. The first-order valence-corrected chi connectivity index (χ1v) is 6.15. The number of carbonyl (C=O) groups is 1. The molecule has 2 rings (SSSR count). The zero-order chi connectivity index (χ0) is 13.1. The largest absolute Gasteiger partial charge is 0.369 e. The SMILES string of the molecule is CCCNC(=O)C(C)n1c(N)nc2ccccc21. The minimum absolute atomic E-state index is 0.0355. The molecule has 96 valence electrons. The molecule has 5 heteroatoms. The van der Waals surface area contributed by atoms with Crippen molar-refractivity contribution >= 4 is 22.9 Å². The van der Waals surface area contributed by atoms with E-state index in [9.17, 15) is 4.79 Å². The summed E-state index contributed by atoms with van der Waals surface area (Å²) in [5, 5.41) is 2.87. The number of imidazole rings is 1. The van der Waals surface area contributed by atoms with E-state index in [4.69, 9.17) is 5.73 Å². The quantitative estimate of drug-likeness (QED) is 0.862. The molecule has 1 aromatic heterocycles. The first-order valence-electron chi connectivity index (χ1n) is 6.15. The Bertz CT molecular complexity index is 561. The van der Waals surface area contributed by atoms with Crippen molar-refractivity contribution in [2.75, 3.05) is 12.3 Å². The number of hydrogen-bond donors (Lipinski definition) is 2. The highest BCUT2D eigenvalue weighted by atomic mass is 16.2. The molecule has 1 amide bonds. The predicted molar refractivity (Wildman–Crippen MR) is 72.2 cm³/mol. The highest BCUT2D eigenvalue weighted by molar-refractivity contribution is 5.85. The van der Waals surface area contributed by atoms with E-state index in [1.165, 1.54) is 0 Å². The van der Waals surface area contributed by atoms with Crippen LogP contribution in [0, 0.1) is 0 Å². The van der Waals surface area contributed by atoms with E-state index in [1.54, 1.807) is 4.57 Å². The molecule has 0 saturated carbocycles. The van der Waals surface area contributed by atoms with Crippen LogP contribution in [0.3, 0.4) is 0 Å². The summed E-state index contributed by atoms with van der Waals surface area (Å²) in [6.07, 6.45) is 0.915. The van der Waals surface area contributed by atoms with Gasteiger partial charge in [0, 0.05) is 6.54 Å². The third-order valence-electron chi connectivity index (χ3n) is 2.94. The number of carbonyl (C=O) groups excluding carboxylic acids is 1. The molecule has 1 atom stereocenters. The molecule has 1 aromatic carbocycles. The van der Waals surface area contributed by atoms with Gasteiger partial charge in [0.15, 0.2) is 0 Å². The maximum Gasteiger partial charge on any atom is 0.242 e. The molecule has 0 radical (unpaired) electrons. The molecule has 5 nitrogen and oxygen atoms in total. The van der Waals surface area contributed by atoms with E-state index < -0.39 is 0 Å². The average Bonchev–Trinajstić information content (AvgIpc) is 2.70. The van der Waals surface area contributed by atoms with Crippen LogP contribution in [-0.2, 0) is 4.79 Å². The molecule has 18 heavy (non-hydrogen) atoms. The predicted octanol–water partition coefficient (Wildman–Crippen LogP) is 1.71. The number of fused-ring (bicyclic) bond motifs is 1. The summed E-state index contributed by atoms with van der Waals surface area (Å²) < 4.78 is 1.76. The summed E-state index contributed by atoms with van der Waals surface area (Å²) in [4.78, 5) is 16.2. The van der Waals surface area contributed by atoms with Gasteiger partial charge < -0.3 is 11.1 Å². The number of rotatable bonds is 4. The van der Waals surface area contributed by atoms with Crippen molar-refractivity contribution in [1.82, 2.24) is 14.9 Å². The van der Waals surface area contributed by atoms with Gasteiger partial charge in [0.25, 0.3) is 0 Å². The molecule has 0 spiro atoms. The minimum Gasteiger partial charge on any atom is -0.369 e. The molecule has 3 N–H and O–H groups in total. The molecular formula is C13H18N4O. The van der Waals surface area contributed by atoms with E-state index >= 15 is 0 Å². The first kappa shape index (κ1) is 12.4. The number of aromatic nitrogens is 2. The van der Waals surface area contributed by atoms with Crippen LogP contribution < -0.4 is 11.1 Å². The maximum absolute atomic E-state index is 12.0. The summed E-state index contributed by atoms with van der Waals surface area (Å²) in [6.45, 7) is 4.52. The average molecular weight is 246 g/mol. The van der Waals surface area contributed by atoms with Gasteiger partial charge in [0.05, 0.1) is 11.0 Å². The van der Waals surface area contributed by atoms with Crippen LogP contribution in [-0.4, -0.2) is 22.0 Å². The summed E-state index contributed by atoms with van der Waals surface area (Å²) >= 11 is 0. The van der Waals surface area contributed by atoms with Gasteiger partial charge in [-0.25, -0.2) is 4.98 Å². The lowest BCUT2D eigenvalue weighted by atomic mass is 10.2. The zero-order valence-corrected chi connectivity index (χ0v) is 10.7. The van der Waals surface area contributed by atoms with Crippen LogP contribution >= 0.6 is 0 Å². The monoisotopic (exact) mass is 246 g/mol.